The Bertz CT molecular complexity index is 698. The van der Waals surface area contributed by atoms with Crippen molar-refractivity contribution in [3.8, 4) is 11.5 Å². The molecule has 0 spiro atoms. The number of piperazine rings is 1. The predicted molar refractivity (Wildman–Crippen MR) is 109 cm³/mol. The minimum Gasteiger partial charge on any atom is -0.493 e. The summed E-state index contributed by atoms with van der Waals surface area (Å²) in [6.07, 6.45) is 0. The van der Waals surface area contributed by atoms with Crippen LogP contribution in [0.25, 0.3) is 0 Å². The van der Waals surface area contributed by atoms with E-state index in [2.05, 4.69) is 62.1 Å². The van der Waals surface area contributed by atoms with Gasteiger partial charge in [0, 0.05) is 43.7 Å². The number of nitrogens with zero attached hydrogens (tertiary/aromatic N) is 2. The molecule has 0 aliphatic carbocycles. The number of ether oxygens (including phenoxy) is 2. The summed E-state index contributed by atoms with van der Waals surface area (Å²) in [5.74, 6) is 1.64. The van der Waals surface area contributed by atoms with Crippen molar-refractivity contribution in [2.45, 2.75) is 20.0 Å². The van der Waals surface area contributed by atoms with Crippen molar-refractivity contribution in [2.24, 2.45) is 0 Å². The molecule has 0 radical (unpaired) electrons. The van der Waals surface area contributed by atoms with E-state index in [4.69, 9.17) is 9.47 Å². The molecule has 1 saturated heterocycles. The first kappa shape index (κ1) is 19.2. The highest BCUT2D eigenvalue weighted by molar-refractivity contribution is 9.10. The van der Waals surface area contributed by atoms with Crippen LogP contribution in [0.3, 0.4) is 0 Å². The Morgan fingerprint density at radius 2 is 1.42 bits per heavy atom. The summed E-state index contributed by atoms with van der Waals surface area (Å²) < 4.78 is 12.2. The number of rotatable bonds is 7. The molecule has 0 bridgehead atoms. The Hall–Kier alpha value is -1.56. The summed E-state index contributed by atoms with van der Waals surface area (Å²) in [5, 5.41) is 0. The van der Waals surface area contributed by atoms with E-state index in [1.54, 1.807) is 7.11 Å². The molecule has 0 unspecified atom stereocenters. The van der Waals surface area contributed by atoms with Crippen LogP contribution in [0.1, 0.15) is 18.1 Å². The largest absolute Gasteiger partial charge is 0.493 e. The van der Waals surface area contributed by atoms with Crippen molar-refractivity contribution in [1.29, 1.82) is 0 Å². The maximum atomic E-state index is 5.69. The smallest absolute Gasteiger partial charge is 0.161 e. The summed E-state index contributed by atoms with van der Waals surface area (Å²) in [7, 11) is 1.68. The van der Waals surface area contributed by atoms with E-state index in [1.807, 2.05) is 13.0 Å². The fraction of sp³-hybridized carbons (Fsp3) is 0.429. The van der Waals surface area contributed by atoms with E-state index in [0.717, 1.165) is 55.2 Å². The van der Waals surface area contributed by atoms with E-state index in [-0.39, 0.29) is 0 Å². The monoisotopic (exact) mass is 418 g/mol. The zero-order valence-corrected chi connectivity index (χ0v) is 17.2. The van der Waals surface area contributed by atoms with Crippen molar-refractivity contribution >= 4 is 15.9 Å². The lowest BCUT2D eigenvalue weighted by Crippen LogP contribution is -2.45. The summed E-state index contributed by atoms with van der Waals surface area (Å²) in [6, 6.07) is 14.9. The minimum atomic E-state index is 0.647. The Labute approximate surface area is 164 Å². The van der Waals surface area contributed by atoms with E-state index < -0.39 is 0 Å². The van der Waals surface area contributed by atoms with Crippen LogP contribution in [0.5, 0.6) is 11.5 Å². The second-order valence-electron chi connectivity index (χ2n) is 6.60. The lowest BCUT2D eigenvalue weighted by atomic mass is 10.1. The molecule has 1 fully saturated rings. The number of hydrogen-bond acceptors (Lipinski definition) is 4. The van der Waals surface area contributed by atoms with Gasteiger partial charge in [-0.3, -0.25) is 9.80 Å². The zero-order valence-electron chi connectivity index (χ0n) is 15.6. The van der Waals surface area contributed by atoms with Gasteiger partial charge in [-0.25, -0.2) is 0 Å². The summed E-state index contributed by atoms with van der Waals surface area (Å²) in [4.78, 5) is 5.04. The van der Waals surface area contributed by atoms with E-state index in [1.165, 1.54) is 11.1 Å². The average Bonchev–Trinajstić information content (AvgIpc) is 2.66. The second-order valence-corrected chi connectivity index (χ2v) is 7.51. The molecular formula is C21H27BrN2O2. The molecule has 0 N–H and O–H groups in total. The van der Waals surface area contributed by atoms with Gasteiger partial charge in [-0.2, -0.15) is 0 Å². The van der Waals surface area contributed by atoms with Gasteiger partial charge >= 0.3 is 0 Å². The molecule has 1 aliphatic rings. The van der Waals surface area contributed by atoms with Crippen LogP contribution in [0.2, 0.25) is 0 Å². The molecule has 2 aromatic rings. The third-order valence-electron chi connectivity index (χ3n) is 4.72. The Kier molecular flexibility index (Phi) is 6.94. The van der Waals surface area contributed by atoms with Crippen LogP contribution < -0.4 is 9.47 Å². The van der Waals surface area contributed by atoms with Gasteiger partial charge in [0.05, 0.1) is 13.7 Å². The quantitative estimate of drug-likeness (QED) is 0.673. The first-order chi connectivity index (χ1) is 12.7. The molecule has 0 aromatic heterocycles. The van der Waals surface area contributed by atoms with E-state index >= 15 is 0 Å². The van der Waals surface area contributed by atoms with Crippen molar-refractivity contribution in [2.75, 3.05) is 39.9 Å². The van der Waals surface area contributed by atoms with Crippen LogP contribution in [-0.2, 0) is 13.1 Å². The summed E-state index contributed by atoms with van der Waals surface area (Å²) >= 11 is 3.50. The predicted octanol–water partition coefficient (Wildman–Crippen LogP) is 4.17. The van der Waals surface area contributed by atoms with Gasteiger partial charge in [0.25, 0.3) is 0 Å². The van der Waals surface area contributed by atoms with E-state index in [9.17, 15) is 0 Å². The molecule has 0 atom stereocenters. The lowest BCUT2D eigenvalue weighted by molar-refractivity contribution is 0.122. The molecule has 26 heavy (non-hydrogen) atoms. The van der Waals surface area contributed by atoms with Crippen LogP contribution in [-0.4, -0.2) is 49.7 Å². The fourth-order valence-corrected chi connectivity index (χ4v) is 3.56. The SMILES string of the molecule is CCOc1cc(CN2CCN(Cc3ccc(Br)cc3)CC2)ccc1OC. The maximum Gasteiger partial charge on any atom is 0.161 e. The highest BCUT2D eigenvalue weighted by Gasteiger charge is 2.17. The average molecular weight is 419 g/mol. The first-order valence-electron chi connectivity index (χ1n) is 9.17. The van der Waals surface area contributed by atoms with Crippen LogP contribution in [0, 0.1) is 0 Å². The molecule has 1 aliphatic heterocycles. The van der Waals surface area contributed by atoms with Gasteiger partial charge in [0.1, 0.15) is 0 Å². The van der Waals surface area contributed by atoms with E-state index in [0.29, 0.717) is 6.61 Å². The Morgan fingerprint density at radius 3 is 2.00 bits per heavy atom. The third-order valence-corrected chi connectivity index (χ3v) is 5.25. The topological polar surface area (TPSA) is 24.9 Å². The Morgan fingerprint density at radius 1 is 0.846 bits per heavy atom. The Balaban J connectivity index is 1.52. The molecule has 1 heterocycles. The summed E-state index contributed by atoms with van der Waals surface area (Å²) in [5.41, 5.74) is 2.65. The third kappa shape index (κ3) is 5.22. The standard InChI is InChI=1S/C21H27BrN2O2/c1-3-26-21-14-18(6-9-20(21)25-2)16-24-12-10-23(11-13-24)15-17-4-7-19(22)8-5-17/h4-9,14H,3,10-13,15-16H2,1-2H3. The molecule has 2 aromatic carbocycles. The molecule has 0 amide bonds. The molecule has 3 rings (SSSR count). The highest BCUT2D eigenvalue weighted by atomic mass is 79.9. The summed E-state index contributed by atoms with van der Waals surface area (Å²) in [6.45, 7) is 9.01. The number of methoxy groups -OCH3 is 1. The van der Waals surface area contributed by atoms with Gasteiger partial charge in [-0.15, -0.1) is 0 Å². The van der Waals surface area contributed by atoms with Gasteiger partial charge in [-0.1, -0.05) is 34.1 Å². The molecule has 5 heteroatoms. The number of halogens is 1. The molecule has 140 valence electrons. The maximum absolute atomic E-state index is 5.69. The van der Waals surface area contributed by atoms with Gasteiger partial charge in [-0.05, 0) is 42.3 Å². The highest BCUT2D eigenvalue weighted by Crippen LogP contribution is 2.28. The fourth-order valence-electron chi connectivity index (χ4n) is 3.30. The number of hydrogen-bond donors (Lipinski definition) is 0. The number of benzene rings is 2. The second kappa shape index (κ2) is 9.40. The lowest BCUT2D eigenvalue weighted by Gasteiger charge is -2.34. The van der Waals surface area contributed by atoms with Gasteiger partial charge in [0.2, 0.25) is 0 Å². The molecule has 4 nitrogen and oxygen atoms in total. The minimum absolute atomic E-state index is 0.647. The van der Waals surface area contributed by atoms with Crippen LogP contribution in [0.15, 0.2) is 46.9 Å². The van der Waals surface area contributed by atoms with Gasteiger partial charge in [0.15, 0.2) is 11.5 Å². The normalized spacial score (nSPS) is 15.8. The van der Waals surface area contributed by atoms with Crippen molar-refractivity contribution in [1.82, 2.24) is 9.80 Å². The van der Waals surface area contributed by atoms with Gasteiger partial charge < -0.3 is 9.47 Å². The molecular weight excluding hydrogens is 392 g/mol. The molecule has 0 saturated carbocycles. The van der Waals surface area contributed by atoms with Crippen molar-refractivity contribution in [3.05, 3.63) is 58.1 Å². The van der Waals surface area contributed by atoms with Crippen LogP contribution in [0.4, 0.5) is 0 Å². The zero-order chi connectivity index (χ0) is 18.4. The van der Waals surface area contributed by atoms with Crippen molar-refractivity contribution < 1.29 is 9.47 Å². The van der Waals surface area contributed by atoms with Crippen LogP contribution >= 0.6 is 15.9 Å². The first-order valence-corrected chi connectivity index (χ1v) is 9.96. The van der Waals surface area contributed by atoms with Crippen molar-refractivity contribution in [3.63, 3.8) is 0 Å².